The van der Waals surface area contributed by atoms with Gasteiger partial charge >= 0.3 is 0 Å². The van der Waals surface area contributed by atoms with Crippen LogP contribution in [0, 0.1) is 0 Å². The number of nitrogens with one attached hydrogen (secondary N) is 1. The van der Waals surface area contributed by atoms with E-state index in [9.17, 15) is 0 Å². The molecule has 1 N–H and O–H groups in total. The zero-order chi connectivity index (χ0) is 12.1. The fourth-order valence-electron chi connectivity index (χ4n) is 2.07. The highest BCUT2D eigenvalue weighted by Crippen LogP contribution is 2.19. The second kappa shape index (κ2) is 5.99. The van der Waals surface area contributed by atoms with Gasteiger partial charge < -0.3 is 5.32 Å². The first-order chi connectivity index (χ1) is 8.25. The summed E-state index contributed by atoms with van der Waals surface area (Å²) in [5.41, 5.74) is 1.39. The van der Waals surface area contributed by atoms with Gasteiger partial charge in [0.15, 0.2) is 0 Å². The largest absolute Gasteiger partial charge is 0.307 e. The Kier molecular flexibility index (Phi) is 4.35. The van der Waals surface area contributed by atoms with Crippen LogP contribution >= 0.6 is 11.3 Å². The summed E-state index contributed by atoms with van der Waals surface area (Å²) in [6, 6.07) is 15.9. The van der Waals surface area contributed by atoms with E-state index in [1.54, 1.807) is 0 Å². The van der Waals surface area contributed by atoms with Gasteiger partial charge in [0.2, 0.25) is 0 Å². The van der Waals surface area contributed by atoms with Gasteiger partial charge in [-0.25, -0.2) is 0 Å². The van der Waals surface area contributed by atoms with Gasteiger partial charge in [0, 0.05) is 17.0 Å². The van der Waals surface area contributed by atoms with Crippen molar-refractivity contribution in [2.45, 2.75) is 32.4 Å². The van der Waals surface area contributed by atoms with Crippen molar-refractivity contribution in [3.05, 3.63) is 58.3 Å². The molecule has 2 unspecified atom stereocenters. The van der Waals surface area contributed by atoms with Crippen molar-refractivity contribution in [1.29, 1.82) is 0 Å². The molecule has 1 heterocycles. The molecule has 1 aromatic heterocycles. The van der Waals surface area contributed by atoms with E-state index in [1.165, 1.54) is 10.4 Å². The Labute approximate surface area is 108 Å². The molecule has 90 valence electrons. The Hall–Kier alpha value is -1.12. The fraction of sp³-hybridized carbons (Fsp3) is 0.333. The Morgan fingerprint density at radius 3 is 2.47 bits per heavy atom. The number of hydrogen-bond donors (Lipinski definition) is 1. The van der Waals surface area contributed by atoms with E-state index >= 15 is 0 Å². The summed E-state index contributed by atoms with van der Waals surface area (Å²) in [5, 5.41) is 5.78. The van der Waals surface area contributed by atoms with E-state index < -0.39 is 0 Å². The van der Waals surface area contributed by atoms with Crippen LogP contribution in [-0.2, 0) is 6.42 Å². The van der Waals surface area contributed by atoms with Crippen molar-refractivity contribution in [3.63, 3.8) is 0 Å². The summed E-state index contributed by atoms with van der Waals surface area (Å²) in [6.45, 7) is 4.48. The van der Waals surface area contributed by atoms with Crippen molar-refractivity contribution >= 4 is 11.3 Å². The number of hydrogen-bond acceptors (Lipinski definition) is 2. The van der Waals surface area contributed by atoms with Crippen LogP contribution in [0.1, 0.15) is 30.3 Å². The van der Waals surface area contributed by atoms with E-state index in [1.807, 2.05) is 11.3 Å². The lowest BCUT2D eigenvalue weighted by Crippen LogP contribution is -2.30. The smallest absolute Gasteiger partial charge is 0.0388 e. The molecule has 0 aliphatic rings. The third-order valence-corrected chi connectivity index (χ3v) is 3.94. The minimum atomic E-state index is 0.439. The second-order valence-corrected chi connectivity index (χ2v) is 5.47. The van der Waals surface area contributed by atoms with Gasteiger partial charge in [0.25, 0.3) is 0 Å². The second-order valence-electron chi connectivity index (χ2n) is 4.49. The Morgan fingerprint density at radius 1 is 1.06 bits per heavy atom. The third-order valence-electron chi connectivity index (χ3n) is 2.89. The van der Waals surface area contributed by atoms with Gasteiger partial charge in [0.1, 0.15) is 0 Å². The molecule has 17 heavy (non-hydrogen) atoms. The summed E-state index contributed by atoms with van der Waals surface area (Å²) in [6.07, 6.45) is 1.08. The molecule has 1 aromatic carbocycles. The van der Waals surface area contributed by atoms with E-state index in [4.69, 9.17) is 0 Å². The van der Waals surface area contributed by atoms with Crippen LogP contribution in [0.5, 0.6) is 0 Å². The van der Waals surface area contributed by atoms with E-state index in [0.29, 0.717) is 12.1 Å². The molecule has 0 amide bonds. The SMILES string of the molecule is CC(Cc1ccccc1)NC(C)c1cccs1. The lowest BCUT2D eigenvalue weighted by Gasteiger charge is -2.19. The maximum atomic E-state index is 3.64. The molecule has 0 aliphatic heterocycles. The predicted molar refractivity (Wildman–Crippen MR) is 75.5 cm³/mol. The maximum Gasteiger partial charge on any atom is 0.0388 e. The highest BCUT2D eigenvalue weighted by Gasteiger charge is 2.10. The molecule has 0 radical (unpaired) electrons. The monoisotopic (exact) mass is 245 g/mol. The van der Waals surface area contributed by atoms with Crippen molar-refractivity contribution in [3.8, 4) is 0 Å². The molecule has 0 saturated heterocycles. The van der Waals surface area contributed by atoms with Crippen LogP contribution in [0.4, 0.5) is 0 Å². The van der Waals surface area contributed by atoms with Crippen LogP contribution < -0.4 is 5.32 Å². The summed E-state index contributed by atoms with van der Waals surface area (Å²) in [5.74, 6) is 0. The van der Waals surface area contributed by atoms with E-state index in [-0.39, 0.29) is 0 Å². The van der Waals surface area contributed by atoms with E-state index in [2.05, 4.69) is 67.0 Å². The topological polar surface area (TPSA) is 12.0 Å². The Balaban J connectivity index is 1.87. The predicted octanol–water partition coefficient (Wildman–Crippen LogP) is 4.03. The molecule has 0 aliphatic carbocycles. The first-order valence-electron chi connectivity index (χ1n) is 6.09. The number of rotatable bonds is 5. The van der Waals surface area contributed by atoms with Gasteiger partial charge in [0.05, 0.1) is 0 Å². The molecule has 2 rings (SSSR count). The van der Waals surface area contributed by atoms with Crippen molar-refractivity contribution in [2.24, 2.45) is 0 Å². The third kappa shape index (κ3) is 3.69. The Bertz CT molecular complexity index is 421. The molecule has 2 atom stereocenters. The molecule has 1 nitrogen and oxygen atoms in total. The lowest BCUT2D eigenvalue weighted by atomic mass is 10.1. The summed E-state index contributed by atoms with van der Waals surface area (Å²) >= 11 is 1.82. The van der Waals surface area contributed by atoms with Crippen molar-refractivity contribution in [2.75, 3.05) is 0 Å². The maximum absolute atomic E-state index is 3.64. The lowest BCUT2D eigenvalue weighted by molar-refractivity contribution is 0.482. The van der Waals surface area contributed by atoms with Crippen molar-refractivity contribution < 1.29 is 0 Å². The van der Waals surface area contributed by atoms with Crippen LogP contribution in [-0.4, -0.2) is 6.04 Å². The summed E-state index contributed by atoms with van der Waals surface area (Å²) in [4.78, 5) is 1.41. The van der Waals surface area contributed by atoms with E-state index in [0.717, 1.165) is 6.42 Å². The molecule has 0 bridgehead atoms. The standard InChI is InChI=1S/C15H19NS/c1-12(11-14-7-4-3-5-8-14)16-13(2)15-9-6-10-17-15/h3-10,12-13,16H,11H2,1-2H3. The highest BCUT2D eigenvalue weighted by atomic mass is 32.1. The number of benzene rings is 1. The van der Waals surface area contributed by atoms with Crippen LogP contribution in [0.2, 0.25) is 0 Å². The zero-order valence-electron chi connectivity index (χ0n) is 10.4. The molecule has 0 saturated carbocycles. The minimum absolute atomic E-state index is 0.439. The quantitative estimate of drug-likeness (QED) is 0.838. The number of thiophene rings is 1. The van der Waals surface area contributed by atoms with Crippen molar-refractivity contribution in [1.82, 2.24) is 5.32 Å². The van der Waals surface area contributed by atoms with Gasteiger partial charge in [-0.2, -0.15) is 0 Å². The fourth-order valence-corrected chi connectivity index (χ4v) is 2.82. The molecular formula is C15H19NS. The summed E-state index contributed by atoms with van der Waals surface area (Å²) < 4.78 is 0. The van der Waals surface area contributed by atoms with Gasteiger partial charge in [-0.3, -0.25) is 0 Å². The van der Waals surface area contributed by atoms with Gasteiger partial charge in [-0.15, -0.1) is 11.3 Å². The average Bonchev–Trinajstić information content (AvgIpc) is 2.83. The van der Waals surface area contributed by atoms with Crippen LogP contribution in [0.25, 0.3) is 0 Å². The van der Waals surface area contributed by atoms with Gasteiger partial charge in [-0.05, 0) is 37.3 Å². The Morgan fingerprint density at radius 2 is 1.82 bits per heavy atom. The molecule has 2 heteroatoms. The first-order valence-corrected chi connectivity index (χ1v) is 6.97. The molecular weight excluding hydrogens is 226 g/mol. The van der Waals surface area contributed by atoms with Crippen LogP contribution in [0.15, 0.2) is 47.8 Å². The van der Waals surface area contributed by atoms with Crippen LogP contribution in [0.3, 0.4) is 0 Å². The summed E-state index contributed by atoms with van der Waals surface area (Å²) in [7, 11) is 0. The molecule has 2 aromatic rings. The minimum Gasteiger partial charge on any atom is -0.307 e. The molecule has 0 spiro atoms. The highest BCUT2D eigenvalue weighted by molar-refractivity contribution is 7.10. The average molecular weight is 245 g/mol. The first kappa shape index (κ1) is 12.3. The zero-order valence-corrected chi connectivity index (χ0v) is 11.2. The molecule has 0 fully saturated rings. The normalized spacial score (nSPS) is 14.5. The van der Waals surface area contributed by atoms with Gasteiger partial charge in [-0.1, -0.05) is 36.4 Å².